The lowest BCUT2D eigenvalue weighted by Gasteiger charge is -2.34. The maximum absolute atomic E-state index is 12.0. The summed E-state index contributed by atoms with van der Waals surface area (Å²) in [5.41, 5.74) is 5.66. The lowest BCUT2D eigenvalue weighted by atomic mass is 9.84. The molecular formula is C17H30N2O2. The molecule has 3 aliphatic rings. The zero-order chi connectivity index (χ0) is 14.9. The number of fused-ring (bicyclic) bond motifs is 1. The number of carbonyl (C=O) groups is 1. The summed E-state index contributed by atoms with van der Waals surface area (Å²) >= 11 is 0. The highest BCUT2D eigenvalue weighted by molar-refractivity contribution is 5.81. The van der Waals surface area contributed by atoms with Gasteiger partial charge in [0.25, 0.3) is 0 Å². The summed E-state index contributed by atoms with van der Waals surface area (Å²) in [5, 5.41) is 0. The second-order valence-electron chi connectivity index (χ2n) is 7.35. The molecule has 0 bridgehead atoms. The van der Waals surface area contributed by atoms with Crippen LogP contribution in [0.3, 0.4) is 0 Å². The van der Waals surface area contributed by atoms with Crippen molar-refractivity contribution in [3.8, 4) is 0 Å². The standard InChI is InChI=1S/C17H30N2O2/c1-21-16(20)17(18)10-4-6-14(17)9-12-19-11-8-13-5-2-3-7-15(13)19/h13-15H,2-12,18H2,1H3. The monoisotopic (exact) mass is 294 g/mol. The molecule has 21 heavy (non-hydrogen) atoms. The average molecular weight is 294 g/mol. The van der Waals surface area contributed by atoms with E-state index in [1.54, 1.807) is 0 Å². The largest absolute Gasteiger partial charge is 0.468 e. The average Bonchev–Trinajstić information content (AvgIpc) is 3.09. The van der Waals surface area contributed by atoms with E-state index >= 15 is 0 Å². The highest BCUT2D eigenvalue weighted by Crippen LogP contribution is 2.39. The van der Waals surface area contributed by atoms with Crippen molar-refractivity contribution in [2.45, 2.75) is 69.4 Å². The summed E-state index contributed by atoms with van der Waals surface area (Å²) in [6.45, 7) is 2.36. The molecule has 2 aliphatic carbocycles. The molecule has 1 saturated heterocycles. The molecule has 0 radical (unpaired) electrons. The predicted octanol–water partition coefficient (Wildman–Crippen LogP) is 2.31. The van der Waals surface area contributed by atoms with E-state index in [1.807, 2.05) is 0 Å². The minimum Gasteiger partial charge on any atom is -0.468 e. The number of hydrogen-bond acceptors (Lipinski definition) is 4. The fraction of sp³-hybridized carbons (Fsp3) is 0.941. The Balaban J connectivity index is 1.56. The third kappa shape index (κ3) is 2.85. The number of likely N-dealkylation sites (tertiary alicyclic amines) is 1. The molecule has 4 atom stereocenters. The van der Waals surface area contributed by atoms with Crippen LogP contribution in [0.5, 0.6) is 0 Å². The molecule has 0 aromatic heterocycles. The highest BCUT2D eigenvalue weighted by atomic mass is 16.5. The van der Waals surface area contributed by atoms with Crippen LogP contribution in [-0.4, -0.2) is 42.6 Å². The van der Waals surface area contributed by atoms with Gasteiger partial charge >= 0.3 is 5.97 Å². The number of ether oxygens (including phenoxy) is 1. The van der Waals surface area contributed by atoms with Crippen LogP contribution < -0.4 is 5.73 Å². The van der Waals surface area contributed by atoms with Gasteiger partial charge in [0.1, 0.15) is 5.54 Å². The Morgan fingerprint density at radius 2 is 2.05 bits per heavy atom. The van der Waals surface area contributed by atoms with Gasteiger partial charge in [-0.05, 0) is 63.5 Å². The lowest BCUT2D eigenvalue weighted by Crippen LogP contribution is -2.52. The van der Waals surface area contributed by atoms with Gasteiger partial charge in [-0.2, -0.15) is 0 Å². The molecular weight excluding hydrogens is 264 g/mol. The van der Waals surface area contributed by atoms with Crippen molar-refractivity contribution in [3.05, 3.63) is 0 Å². The van der Waals surface area contributed by atoms with Crippen molar-refractivity contribution in [1.82, 2.24) is 4.90 Å². The molecule has 3 fully saturated rings. The van der Waals surface area contributed by atoms with Gasteiger partial charge in [-0.15, -0.1) is 0 Å². The van der Waals surface area contributed by atoms with Gasteiger partial charge in [-0.3, -0.25) is 4.79 Å². The molecule has 0 spiro atoms. The molecule has 120 valence electrons. The molecule has 4 nitrogen and oxygen atoms in total. The van der Waals surface area contributed by atoms with Crippen molar-refractivity contribution in [3.63, 3.8) is 0 Å². The third-order valence-corrected chi connectivity index (χ3v) is 6.33. The minimum atomic E-state index is -0.722. The van der Waals surface area contributed by atoms with Crippen molar-refractivity contribution in [2.24, 2.45) is 17.6 Å². The first-order valence-electron chi connectivity index (χ1n) is 8.76. The van der Waals surface area contributed by atoms with E-state index in [9.17, 15) is 4.79 Å². The molecule has 1 heterocycles. The number of hydrogen-bond donors (Lipinski definition) is 1. The first-order chi connectivity index (χ1) is 10.1. The van der Waals surface area contributed by atoms with Gasteiger partial charge in [0, 0.05) is 6.04 Å². The van der Waals surface area contributed by atoms with Crippen LogP contribution in [0.2, 0.25) is 0 Å². The Labute approximate surface area is 128 Å². The van der Waals surface area contributed by atoms with E-state index < -0.39 is 5.54 Å². The van der Waals surface area contributed by atoms with E-state index in [1.165, 1.54) is 45.8 Å². The smallest absolute Gasteiger partial charge is 0.326 e. The van der Waals surface area contributed by atoms with E-state index in [0.29, 0.717) is 5.92 Å². The summed E-state index contributed by atoms with van der Waals surface area (Å²) in [6, 6.07) is 0.811. The molecule has 0 aromatic rings. The first kappa shape index (κ1) is 15.3. The fourth-order valence-electron chi connectivity index (χ4n) is 5.07. The van der Waals surface area contributed by atoms with Gasteiger partial charge < -0.3 is 15.4 Å². The Kier molecular flexibility index (Phi) is 4.55. The number of nitrogens with zero attached hydrogens (tertiary/aromatic N) is 1. The summed E-state index contributed by atoms with van der Waals surface area (Å²) in [6.07, 6.45) is 11.0. The van der Waals surface area contributed by atoms with E-state index in [-0.39, 0.29) is 5.97 Å². The maximum atomic E-state index is 12.0. The van der Waals surface area contributed by atoms with E-state index in [2.05, 4.69) is 4.90 Å². The molecule has 4 unspecified atom stereocenters. The molecule has 2 N–H and O–H groups in total. The van der Waals surface area contributed by atoms with Crippen molar-refractivity contribution in [1.29, 1.82) is 0 Å². The van der Waals surface area contributed by atoms with Crippen LogP contribution in [0.15, 0.2) is 0 Å². The second kappa shape index (κ2) is 6.25. The maximum Gasteiger partial charge on any atom is 0.326 e. The number of methoxy groups -OCH3 is 1. The summed E-state index contributed by atoms with van der Waals surface area (Å²) < 4.78 is 4.95. The van der Waals surface area contributed by atoms with Gasteiger partial charge in [-0.25, -0.2) is 0 Å². The molecule has 0 amide bonds. The van der Waals surface area contributed by atoms with Crippen LogP contribution >= 0.6 is 0 Å². The van der Waals surface area contributed by atoms with Gasteiger partial charge in [-0.1, -0.05) is 19.3 Å². The molecule has 2 saturated carbocycles. The van der Waals surface area contributed by atoms with Crippen LogP contribution in [0, 0.1) is 11.8 Å². The highest BCUT2D eigenvalue weighted by Gasteiger charge is 2.47. The quantitative estimate of drug-likeness (QED) is 0.808. The molecule has 3 rings (SSSR count). The molecule has 4 heteroatoms. The van der Waals surface area contributed by atoms with Crippen LogP contribution in [0.4, 0.5) is 0 Å². The summed E-state index contributed by atoms with van der Waals surface area (Å²) in [7, 11) is 1.46. The fourth-order valence-corrected chi connectivity index (χ4v) is 5.07. The van der Waals surface area contributed by atoms with Gasteiger partial charge in [0.05, 0.1) is 7.11 Å². The molecule has 1 aliphatic heterocycles. The Bertz CT molecular complexity index is 387. The summed E-state index contributed by atoms with van der Waals surface area (Å²) in [5.74, 6) is 1.03. The normalized spacial score (nSPS) is 40.2. The van der Waals surface area contributed by atoms with Gasteiger partial charge in [0.15, 0.2) is 0 Å². The number of esters is 1. The zero-order valence-electron chi connectivity index (χ0n) is 13.4. The minimum absolute atomic E-state index is 0.207. The Morgan fingerprint density at radius 3 is 2.86 bits per heavy atom. The van der Waals surface area contributed by atoms with E-state index in [0.717, 1.165) is 44.2 Å². The van der Waals surface area contributed by atoms with E-state index in [4.69, 9.17) is 10.5 Å². The summed E-state index contributed by atoms with van der Waals surface area (Å²) in [4.78, 5) is 14.7. The number of nitrogens with two attached hydrogens (primary N) is 1. The Hall–Kier alpha value is -0.610. The third-order valence-electron chi connectivity index (χ3n) is 6.33. The lowest BCUT2D eigenvalue weighted by molar-refractivity contribution is -0.148. The molecule has 0 aromatic carbocycles. The van der Waals surface area contributed by atoms with Crippen molar-refractivity contribution >= 4 is 5.97 Å². The van der Waals surface area contributed by atoms with Crippen molar-refractivity contribution < 1.29 is 9.53 Å². The first-order valence-corrected chi connectivity index (χ1v) is 8.76. The van der Waals surface area contributed by atoms with Crippen molar-refractivity contribution in [2.75, 3.05) is 20.2 Å². The zero-order valence-corrected chi connectivity index (χ0v) is 13.4. The SMILES string of the molecule is COC(=O)C1(N)CCCC1CCN1CCC2CCCCC21. The number of rotatable bonds is 4. The Morgan fingerprint density at radius 1 is 1.24 bits per heavy atom. The number of carbonyl (C=O) groups excluding carboxylic acids is 1. The second-order valence-corrected chi connectivity index (χ2v) is 7.35. The van der Waals surface area contributed by atoms with Crippen LogP contribution in [0.1, 0.15) is 57.8 Å². The van der Waals surface area contributed by atoms with Crippen LogP contribution in [-0.2, 0) is 9.53 Å². The predicted molar refractivity (Wildman–Crippen MR) is 82.8 cm³/mol. The topological polar surface area (TPSA) is 55.6 Å². The van der Waals surface area contributed by atoms with Gasteiger partial charge in [0.2, 0.25) is 0 Å². The van der Waals surface area contributed by atoms with Crippen LogP contribution in [0.25, 0.3) is 0 Å².